The number of aryl methyl sites for hydroxylation is 2. The number of hydrogen-bond acceptors (Lipinski definition) is 4. The fourth-order valence-corrected chi connectivity index (χ4v) is 6.20. The number of thioether (sulfide) groups is 1. The normalized spacial score (nSPS) is 11.9. The molecule has 1 unspecified atom stereocenters. The lowest BCUT2D eigenvalue weighted by atomic mass is 10.0. The second-order valence-electron chi connectivity index (χ2n) is 11.9. The van der Waals surface area contributed by atoms with E-state index in [1.807, 2.05) is 111 Å². The van der Waals surface area contributed by atoms with Crippen LogP contribution in [-0.4, -0.2) is 17.7 Å². The third-order valence-electron chi connectivity index (χ3n) is 7.77. The summed E-state index contributed by atoms with van der Waals surface area (Å²) in [5.74, 6) is -0.639. The summed E-state index contributed by atoms with van der Waals surface area (Å²) in [5.41, 5.74) is 6.77. The number of hydrogen-bond donors (Lipinski definition) is 3. The van der Waals surface area contributed by atoms with Crippen LogP contribution in [0.2, 0.25) is 0 Å². The first kappa shape index (κ1) is 33.9. The minimum absolute atomic E-state index is 0.106. The Labute approximate surface area is 286 Å². The predicted molar refractivity (Wildman–Crippen MR) is 197 cm³/mol. The van der Waals surface area contributed by atoms with E-state index in [1.54, 1.807) is 36.4 Å². The van der Waals surface area contributed by atoms with Crippen molar-refractivity contribution in [2.75, 3.05) is 10.6 Å². The summed E-state index contributed by atoms with van der Waals surface area (Å²) in [4.78, 5) is 41.3. The Morgan fingerprint density at radius 3 is 2.04 bits per heavy atom. The van der Waals surface area contributed by atoms with Crippen LogP contribution >= 0.6 is 11.8 Å². The van der Waals surface area contributed by atoms with Crippen molar-refractivity contribution >= 4 is 46.9 Å². The molecule has 0 aliphatic rings. The highest BCUT2D eigenvalue weighted by atomic mass is 32.2. The summed E-state index contributed by atoms with van der Waals surface area (Å²) in [5, 5.41) is 8.31. The highest BCUT2D eigenvalue weighted by Crippen LogP contribution is 2.37. The highest BCUT2D eigenvalue weighted by Gasteiger charge is 2.23. The Morgan fingerprint density at radius 1 is 0.688 bits per heavy atom. The van der Waals surface area contributed by atoms with E-state index in [9.17, 15) is 14.4 Å². The first-order chi connectivity index (χ1) is 23.2. The van der Waals surface area contributed by atoms with Crippen molar-refractivity contribution < 1.29 is 14.4 Å². The van der Waals surface area contributed by atoms with E-state index in [4.69, 9.17) is 0 Å². The molecule has 1 atom stereocenters. The molecule has 7 heteroatoms. The van der Waals surface area contributed by atoms with Crippen molar-refractivity contribution in [3.63, 3.8) is 0 Å². The number of nitrogens with one attached hydrogen (secondary N) is 3. The van der Waals surface area contributed by atoms with Gasteiger partial charge in [0.05, 0.1) is 0 Å². The molecule has 242 valence electrons. The standard InChI is InChI=1S/C41H39N3O3S/c1-27(2)31-21-19-30(20-22-31)25-37(44-39(45)33-14-9-6-10-15-33)40(46)42-34-16-11-17-35(26-34)48-38(32-12-7-5-8-13-32)41(47)43-36-23-18-28(3)24-29(36)4/h5-27,38H,1-4H3,(H,42,46)(H,43,47)(H,44,45)/b37-25+. The molecule has 0 aromatic heterocycles. The summed E-state index contributed by atoms with van der Waals surface area (Å²) in [7, 11) is 0. The lowest BCUT2D eigenvalue weighted by Crippen LogP contribution is -2.30. The monoisotopic (exact) mass is 653 g/mol. The van der Waals surface area contributed by atoms with Crippen LogP contribution in [0.3, 0.4) is 0 Å². The van der Waals surface area contributed by atoms with Crippen molar-refractivity contribution in [3.05, 3.63) is 166 Å². The Kier molecular flexibility index (Phi) is 11.3. The van der Waals surface area contributed by atoms with Gasteiger partial charge in [0.2, 0.25) is 5.91 Å². The molecular formula is C41H39N3O3S. The fraction of sp³-hybridized carbons (Fsp3) is 0.146. The quantitative estimate of drug-likeness (QED) is 0.0980. The van der Waals surface area contributed by atoms with Gasteiger partial charge in [-0.05, 0) is 84.5 Å². The molecule has 5 aromatic rings. The largest absolute Gasteiger partial charge is 0.325 e. The van der Waals surface area contributed by atoms with Crippen LogP contribution in [0.4, 0.5) is 11.4 Å². The molecule has 48 heavy (non-hydrogen) atoms. The predicted octanol–water partition coefficient (Wildman–Crippen LogP) is 9.31. The van der Waals surface area contributed by atoms with Crippen LogP contribution in [0.25, 0.3) is 6.08 Å². The van der Waals surface area contributed by atoms with E-state index in [1.165, 1.54) is 17.3 Å². The van der Waals surface area contributed by atoms with Crippen LogP contribution in [0.1, 0.15) is 63.2 Å². The van der Waals surface area contributed by atoms with Gasteiger partial charge in [0, 0.05) is 21.8 Å². The minimum atomic E-state index is -0.549. The maximum absolute atomic E-state index is 13.7. The Hall–Kier alpha value is -5.40. The SMILES string of the molecule is Cc1ccc(NC(=O)C(Sc2cccc(NC(=O)/C(=C\c3ccc(C(C)C)cc3)NC(=O)c3ccccc3)c2)c2ccccc2)c(C)c1. The van der Waals surface area contributed by atoms with Gasteiger partial charge in [0.15, 0.2) is 0 Å². The van der Waals surface area contributed by atoms with Gasteiger partial charge >= 0.3 is 0 Å². The van der Waals surface area contributed by atoms with Crippen molar-refractivity contribution in [1.82, 2.24) is 5.32 Å². The third-order valence-corrected chi connectivity index (χ3v) is 9.02. The molecule has 0 fully saturated rings. The smallest absolute Gasteiger partial charge is 0.272 e. The summed E-state index contributed by atoms with van der Waals surface area (Å²) >= 11 is 1.39. The van der Waals surface area contributed by atoms with Crippen LogP contribution in [-0.2, 0) is 9.59 Å². The fourth-order valence-electron chi connectivity index (χ4n) is 5.12. The van der Waals surface area contributed by atoms with Gasteiger partial charge in [0.25, 0.3) is 11.8 Å². The Balaban J connectivity index is 1.38. The molecule has 0 saturated heterocycles. The first-order valence-electron chi connectivity index (χ1n) is 15.9. The Bertz CT molecular complexity index is 1920. The van der Waals surface area contributed by atoms with Crippen LogP contribution in [0, 0.1) is 13.8 Å². The van der Waals surface area contributed by atoms with Gasteiger partial charge in [-0.2, -0.15) is 0 Å². The van der Waals surface area contributed by atoms with Gasteiger partial charge in [-0.15, -0.1) is 11.8 Å². The summed E-state index contributed by atoms with van der Waals surface area (Å²) in [6, 6.07) is 39.6. The third kappa shape index (κ3) is 9.11. The number of carbonyl (C=O) groups is 3. The number of rotatable bonds is 11. The molecule has 0 aliphatic heterocycles. The lowest BCUT2D eigenvalue weighted by Gasteiger charge is -2.19. The zero-order valence-electron chi connectivity index (χ0n) is 27.5. The molecule has 5 aromatic carbocycles. The van der Waals surface area contributed by atoms with E-state index < -0.39 is 11.2 Å². The second-order valence-corrected chi connectivity index (χ2v) is 13.1. The second kappa shape index (κ2) is 15.9. The molecule has 0 heterocycles. The zero-order valence-corrected chi connectivity index (χ0v) is 28.3. The lowest BCUT2D eigenvalue weighted by molar-refractivity contribution is -0.116. The molecule has 0 spiro atoms. The molecule has 3 N–H and O–H groups in total. The number of anilines is 2. The highest BCUT2D eigenvalue weighted by molar-refractivity contribution is 8.00. The molecule has 0 saturated carbocycles. The van der Waals surface area contributed by atoms with E-state index in [0.29, 0.717) is 17.2 Å². The summed E-state index contributed by atoms with van der Waals surface area (Å²) < 4.78 is 0. The molecule has 3 amide bonds. The van der Waals surface area contributed by atoms with Crippen molar-refractivity contribution in [2.45, 2.75) is 43.8 Å². The average molecular weight is 654 g/mol. The van der Waals surface area contributed by atoms with Crippen molar-refractivity contribution in [2.24, 2.45) is 0 Å². The molecule has 0 aliphatic carbocycles. The average Bonchev–Trinajstić information content (AvgIpc) is 3.09. The first-order valence-corrected chi connectivity index (χ1v) is 16.7. The number of carbonyl (C=O) groups excluding carboxylic acids is 3. The van der Waals surface area contributed by atoms with Crippen LogP contribution in [0.5, 0.6) is 0 Å². The molecule has 6 nitrogen and oxygen atoms in total. The zero-order chi connectivity index (χ0) is 34.0. The van der Waals surface area contributed by atoms with Gasteiger partial charge in [-0.3, -0.25) is 14.4 Å². The molecule has 5 rings (SSSR count). The molecule has 0 radical (unpaired) electrons. The van der Waals surface area contributed by atoms with E-state index in [2.05, 4.69) is 29.8 Å². The number of benzene rings is 5. The number of amides is 3. The van der Waals surface area contributed by atoms with Gasteiger partial charge in [0.1, 0.15) is 10.9 Å². The van der Waals surface area contributed by atoms with Gasteiger partial charge < -0.3 is 16.0 Å². The summed E-state index contributed by atoms with van der Waals surface area (Å²) in [6.45, 7) is 8.24. The Morgan fingerprint density at radius 2 is 1.38 bits per heavy atom. The van der Waals surface area contributed by atoms with E-state index in [-0.39, 0.29) is 17.5 Å². The van der Waals surface area contributed by atoms with Crippen molar-refractivity contribution in [3.8, 4) is 0 Å². The maximum atomic E-state index is 13.7. The summed E-state index contributed by atoms with van der Waals surface area (Å²) in [6.07, 6.45) is 1.67. The van der Waals surface area contributed by atoms with Gasteiger partial charge in [-0.1, -0.05) is 110 Å². The topological polar surface area (TPSA) is 87.3 Å². The van der Waals surface area contributed by atoms with Gasteiger partial charge in [-0.25, -0.2) is 0 Å². The maximum Gasteiger partial charge on any atom is 0.272 e. The van der Waals surface area contributed by atoms with Crippen LogP contribution < -0.4 is 16.0 Å². The van der Waals surface area contributed by atoms with E-state index in [0.717, 1.165) is 32.8 Å². The molecular weight excluding hydrogens is 615 g/mol. The van der Waals surface area contributed by atoms with Crippen molar-refractivity contribution in [1.29, 1.82) is 0 Å². The van der Waals surface area contributed by atoms with E-state index >= 15 is 0 Å². The molecule has 0 bridgehead atoms. The van der Waals surface area contributed by atoms with Crippen LogP contribution in [0.15, 0.2) is 138 Å². The minimum Gasteiger partial charge on any atom is -0.325 e.